The molecule has 0 aliphatic rings. The van der Waals surface area contributed by atoms with Gasteiger partial charge in [-0.3, -0.25) is 4.79 Å². The average molecular weight is 609 g/mol. The second-order valence-corrected chi connectivity index (χ2v) is 11.8. The van der Waals surface area contributed by atoms with E-state index in [1.807, 2.05) is 69.3 Å². The first-order valence-corrected chi connectivity index (χ1v) is 15.2. The molecule has 4 rings (SSSR count). The topological polar surface area (TPSA) is 132 Å². The van der Waals surface area contributed by atoms with Gasteiger partial charge in [0.25, 0.3) is 5.56 Å². The number of ether oxygens (including phenoxy) is 2. The van der Waals surface area contributed by atoms with Crippen LogP contribution in [0.2, 0.25) is 0 Å². The van der Waals surface area contributed by atoms with Gasteiger partial charge >= 0.3 is 6.09 Å². The fraction of sp³-hybridized carbons (Fsp3) is 0.371. The van der Waals surface area contributed by atoms with Gasteiger partial charge in [-0.05, 0) is 63.3 Å². The van der Waals surface area contributed by atoms with E-state index in [9.17, 15) is 14.9 Å². The number of amides is 1. The third-order valence-electron chi connectivity index (χ3n) is 6.95. The molecule has 1 N–H and O–H groups in total. The molecule has 0 radical (unpaired) electrons. The van der Waals surface area contributed by atoms with Crippen LogP contribution >= 0.6 is 0 Å². The molecule has 0 atom stereocenters. The van der Waals surface area contributed by atoms with Crippen molar-refractivity contribution >= 4 is 6.09 Å². The van der Waals surface area contributed by atoms with Gasteiger partial charge in [0.05, 0.1) is 42.9 Å². The van der Waals surface area contributed by atoms with Crippen molar-refractivity contribution in [2.24, 2.45) is 0 Å². The summed E-state index contributed by atoms with van der Waals surface area (Å²) in [5, 5.41) is 12.6. The summed E-state index contributed by atoms with van der Waals surface area (Å²) < 4.78 is 12.3. The van der Waals surface area contributed by atoms with Crippen LogP contribution in [0.1, 0.15) is 75.2 Å². The Morgan fingerprint density at radius 3 is 2.44 bits per heavy atom. The van der Waals surface area contributed by atoms with Crippen LogP contribution in [0.5, 0.6) is 5.75 Å². The molecule has 0 saturated heterocycles. The lowest BCUT2D eigenvalue weighted by atomic mass is 9.95. The lowest BCUT2D eigenvalue weighted by Gasteiger charge is -2.19. The molecule has 1 amide bonds. The summed E-state index contributed by atoms with van der Waals surface area (Å²) >= 11 is 0. The van der Waals surface area contributed by atoms with Crippen molar-refractivity contribution in [3.05, 3.63) is 99.5 Å². The first-order chi connectivity index (χ1) is 21.6. The molecule has 2 heterocycles. The van der Waals surface area contributed by atoms with Crippen LogP contribution in [0.25, 0.3) is 17.1 Å². The molecule has 0 saturated carbocycles. The number of benzene rings is 2. The minimum absolute atomic E-state index is 0.194. The number of carbonyl (C=O) groups excluding carboxylic acids is 1. The molecular formula is C35H40N6O4. The number of aryl methyl sites for hydroxylation is 2. The minimum atomic E-state index is -0.473. The van der Waals surface area contributed by atoms with Crippen molar-refractivity contribution in [2.45, 2.75) is 72.3 Å². The smallest absolute Gasteiger partial charge is 0.407 e. The zero-order valence-electron chi connectivity index (χ0n) is 26.6. The van der Waals surface area contributed by atoms with Gasteiger partial charge < -0.3 is 14.8 Å². The van der Waals surface area contributed by atoms with Gasteiger partial charge in [0, 0.05) is 23.9 Å². The highest BCUT2D eigenvalue weighted by Crippen LogP contribution is 2.25. The van der Waals surface area contributed by atoms with E-state index in [1.165, 1.54) is 17.0 Å². The second kappa shape index (κ2) is 15.1. The van der Waals surface area contributed by atoms with Crippen molar-refractivity contribution in [1.29, 1.82) is 5.26 Å². The predicted molar refractivity (Wildman–Crippen MR) is 173 cm³/mol. The summed E-state index contributed by atoms with van der Waals surface area (Å²) in [5.74, 6) is 1.12. The molecule has 234 valence electrons. The van der Waals surface area contributed by atoms with Gasteiger partial charge in [0.2, 0.25) is 5.95 Å². The summed E-state index contributed by atoms with van der Waals surface area (Å²) in [7, 11) is 0. The van der Waals surface area contributed by atoms with Gasteiger partial charge in [-0.15, -0.1) is 0 Å². The van der Waals surface area contributed by atoms with Crippen LogP contribution in [-0.2, 0) is 17.6 Å². The summed E-state index contributed by atoms with van der Waals surface area (Å²) in [4.78, 5) is 39.4. The van der Waals surface area contributed by atoms with Crippen LogP contribution in [0.4, 0.5) is 4.79 Å². The Balaban J connectivity index is 1.52. The van der Waals surface area contributed by atoms with Crippen molar-refractivity contribution in [3.8, 4) is 28.9 Å². The van der Waals surface area contributed by atoms with Crippen LogP contribution in [0.15, 0.2) is 65.7 Å². The Kier molecular flexibility index (Phi) is 11.0. The lowest BCUT2D eigenvalue weighted by Crippen LogP contribution is -2.41. The third kappa shape index (κ3) is 8.99. The number of rotatable bonds is 12. The molecular weight excluding hydrogens is 568 g/mol. The number of nitrogens with one attached hydrogen (secondary N) is 1. The van der Waals surface area contributed by atoms with E-state index in [0.29, 0.717) is 48.6 Å². The fourth-order valence-corrected chi connectivity index (χ4v) is 4.81. The van der Waals surface area contributed by atoms with Gasteiger partial charge in [-0.1, -0.05) is 55.8 Å². The molecule has 10 heteroatoms. The zero-order valence-corrected chi connectivity index (χ0v) is 26.6. The molecule has 0 fully saturated rings. The third-order valence-corrected chi connectivity index (χ3v) is 6.95. The van der Waals surface area contributed by atoms with E-state index in [-0.39, 0.29) is 23.7 Å². The van der Waals surface area contributed by atoms with Crippen molar-refractivity contribution in [1.82, 2.24) is 24.8 Å². The second-order valence-electron chi connectivity index (χ2n) is 11.8. The normalized spacial score (nSPS) is 11.1. The number of nitriles is 1. The summed E-state index contributed by atoms with van der Waals surface area (Å²) in [6.07, 6.45) is 5.89. The predicted octanol–water partition coefficient (Wildman–Crippen LogP) is 6.10. The van der Waals surface area contributed by atoms with Crippen molar-refractivity contribution < 1.29 is 14.3 Å². The van der Waals surface area contributed by atoms with E-state index in [0.717, 1.165) is 35.2 Å². The molecule has 2 aromatic heterocycles. The van der Waals surface area contributed by atoms with E-state index < -0.39 is 6.09 Å². The SMILES string of the molecule is CCCCc1nc(C)n(-c2ncc(OCCCOC(=O)NC(C)(C)C)cn2)c(=O)c1Cc1ccc(-c2ccccc2)c(C#N)c1. The highest BCUT2D eigenvalue weighted by molar-refractivity contribution is 5.71. The first kappa shape index (κ1) is 32.9. The maximum absolute atomic E-state index is 14.0. The zero-order chi connectivity index (χ0) is 32.4. The van der Waals surface area contributed by atoms with Crippen molar-refractivity contribution in [2.75, 3.05) is 13.2 Å². The number of hydrogen-bond donors (Lipinski definition) is 1. The molecule has 2 aromatic carbocycles. The lowest BCUT2D eigenvalue weighted by molar-refractivity contribution is 0.130. The molecule has 0 unspecified atom stereocenters. The monoisotopic (exact) mass is 608 g/mol. The summed E-state index contributed by atoms with van der Waals surface area (Å²) in [5.41, 5.74) is 3.92. The van der Waals surface area contributed by atoms with E-state index in [4.69, 9.17) is 14.5 Å². The molecule has 45 heavy (non-hydrogen) atoms. The highest BCUT2D eigenvalue weighted by Gasteiger charge is 2.19. The van der Waals surface area contributed by atoms with Gasteiger partial charge in [-0.25, -0.2) is 24.3 Å². The maximum atomic E-state index is 14.0. The van der Waals surface area contributed by atoms with Crippen LogP contribution < -0.4 is 15.6 Å². The molecule has 4 aromatic rings. The quantitative estimate of drug-likeness (QED) is 0.191. The standard InChI is InChI=1S/C35H40N6O4/c1-6-7-14-31-30(20-25-15-16-29(27(19-25)21-36)26-12-9-8-10-13-26)32(42)41(24(2)39-31)33-37-22-28(23-38-33)44-17-11-18-45-34(43)40-35(3,4)5/h8-10,12-13,15-16,19,22-23H,6-7,11,14,17-18,20H2,1-5H3,(H,40,43). The maximum Gasteiger partial charge on any atom is 0.407 e. The highest BCUT2D eigenvalue weighted by atomic mass is 16.5. The Morgan fingerprint density at radius 2 is 1.78 bits per heavy atom. The van der Waals surface area contributed by atoms with E-state index in [1.54, 1.807) is 6.92 Å². The van der Waals surface area contributed by atoms with Crippen LogP contribution in [0.3, 0.4) is 0 Å². The Labute approximate surface area is 264 Å². The fourth-order valence-electron chi connectivity index (χ4n) is 4.81. The van der Waals surface area contributed by atoms with Gasteiger partial charge in [0.1, 0.15) is 5.82 Å². The number of alkyl carbamates (subject to hydrolysis) is 1. The van der Waals surface area contributed by atoms with E-state index >= 15 is 0 Å². The number of hydrogen-bond acceptors (Lipinski definition) is 8. The number of aromatic nitrogens is 4. The average Bonchev–Trinajstić information content (AvgIpc) is 3.01. The Hall–Kier alpha value is -5.04. The molecule has 10 nitrogen and oxygen atoms in total. The Morgan fingerprint density at radius 1 is 1.04 bits per heavy atom. The molecule has 0 aliphatic carbocycles. The van der Waals surface area contributed by atoms with E-state index in [2.05, 4.69) is 28.3 Å². The first-order valence-electron chi connectivity index (χ1n) is 15.2. The molecule has 0 spiro atoms. The van der Waals surface area contributed by atoms with Crippen LogP contribution in [-0.4, -0.2) is 44.4 Å². The van der Waals surface area contributed by atoms with Gasteiger partial charge in [0.15, 0.2) is 5.75 Å². The minimum Gasteiger partial charge on any atom is -0.490 e. The van der Waals surface area contributed by atoms with Crippen molar-refractivity contribution in [3.63, 3.8) is 0 Å². The molecule has 0 bridgehead atoms. The largest absolute Gasteiger partial charge is 0.490 e. The number of unbranched alkanes of at least 4 members (excludes halogenated alkanes) is 1. The van der Waals surface area contributed by atoms with Crippen LogP contribution in [0, 0.1) is 18.3 Å². The van der Waals surface area contributed by atoms with Gasteiger partial charge in [-0.2, -0.15) is 5.26 Å². The Bertz CT molecular complexity index is 1700. The summed E-state index contributed by atoms with van der Waals surface area (Å²) in [6, 6.07) is 17.8. The number of carbonyl (C=O) groups is 1. The summed E-state index contributed by atoms with van der Waals surface area (Å²) in [6.45, 7) is 10.0. The molecule has 0 aliphatic heterocycles. The number of nitrogens with zero attached hydrogens (tertiary/aromatic N) is 5.